The summed E-state index contributed by atoms with van der Waals surface area (Å²) in [5, 5.41) is 3.13. The number of rotatable bonds is 8. The summed E-state index contributed by atoms with van der Waals surface area (Å²) in [5.74, 6) is 1.23. The smallest absolute Gasteiger partial charge is 0.323 e. The van der Waals surface area contributed by atoms with Crippen molar-refractivity contribution in [1.29, 1.82) is 0 Å². The summed E-state index contributed by atoms with van der Waals surface area (Å²) in [6, 6.07) is 0.401. The molecule has 1 N–H and O–H groups in total. The van der Waals surface area contributed by atoms with E-state index in [1.165, 1.54) is 6.42 Å². The molecule has 0 aromatic carbocycles. The zero-order valence-corrected chi connectivity index (χ0v) is 13.0. The molecule has 1 aliphatic rings. The molecule has 0 atom stereocenters. The van der Waals surface area contributed by atoms with Crippen molar-refractivity contribution in [3.8, 4) is 6.01 Å². The van der Waals surface area contributed by atoms with Crippen molar-refractivity contribution in [3.05, 3.63) is 0 Å². The number of ether oxygens (including phenoxy) is 2. The van der Waals surface area contributed by atoms with Crippen molar-refractivity contribution in [2.45, 2.75) is 33.1 Å². The van der Waals surface area contributed by atoms with Gasteiger partial charge < -0.3 is 19.7 Å². The largest absolute Gasteiger partial charge is 0.463 e. The molecule has 1 aromatic heterocycles. The Morgan fingerprint density at radius 3 is 2.67 bits per heavy atom. The van der Waals surface area contributed by atoms with E-state index in [1.54, 1.807) is 0 Å². The minimum Gasteiger partial charge on any atom is -0.463 e. The first-order chi connectivity index (χ1) is 10.3. The van der Waals surface area contributed by atoms with E-state index >= 15 is 0 Å². The third kappa shape index (κ3) is 5.00. The molecular formula is C14H25N5O2. The van der Waals surface area contributed by atoms with E-state index in [2.05, 4.69) is 32.1 Å². The zero-order chi connectivity index (χ0) is 14.9. The maximum atomic E-state index is 5.67. The maximum absolute atomic E-state index is 5.67. The molecule has 0 unspecified atom stereocenters. The van der Waals surface area contributed by atoms with E-state index in [4.69, 9.17) is 9.47 Å². The van der Waals surface area contributed by atoms with Crippen molar-refractivity contribution in [2.24, 2.45) is 0 Å². The first-order valence-corrected chi connectivity index (χ1v) is 7.79. The third-order valence-electron chi connectivity index (χ3n) is 3.21. The van der Waals surface area contributed by atoms with E-state index in [0.29, 0.717) is 37.7 Å². The number of nitrogens with one attached hydrogen (secondary N) is 1. The number of morpholine rings is 1. The van der Waals surface area contributed by atoms with Crippen LogP contribution in [0.25, 0.3) is 0 Å². The molecular weight excluding hydrogens is 270 g/mol. The van der Waals surface area contributed by atoms with Gasteiger partial charge in [-0.2, -0.15) is 15.0 Å². The Morgan fingerprint density at radius 2 is 1.95 bits per heavy atom. The molecule has 7 heteroatoms. The van der Waals surface area contributed by atoms with E-state index in [0.717, 1.165) is 32.5 Å². The number of anilines is 2. The normalized spacial score (nSPS) is 15.0. The third-order valence-corrected chi connectivity index (χ3v) is 3.21. The van der Waals surface area contributed by atoms with Crippen molar-refractivity contribution in [1.82, 2.24) is 15.0 Å². The topological polar surface area (TPSA) is 72.4 Å². The van der Waals surface area contributed by atoms with E-state index in [-0.39, 0.29) is 0 Å². The lowest BCUT2D eigenvalue weighted by molar-refractivity contribution is 0.122. The molecule has 0 bridgehead atoms. The van der Waals surface area contributed by atoms with Crippen LogP contribution in [-0.4, -0.2) is 54.4 Å². The first kappa shape index (κ1) is 15.8. The molecule has 0 radical (unpaired) electrons. The van der Waals surface area contributed by atoms with Crippen molar-refractivity contribution >= 4 is 11.9 Å². The fraction of sp³-hybridized carbons (Fsp3) is 0.786. The molecule has 2 heterocycles. The van der Waals surface area contributed by atoms with Crippen LogP contribution in [0, 0.1) is 0 Å². The average molecular weight is 295 g/mol. The molecule has 1 aromatic rings. The number of aromatic nitrogens is 3. The molecule has 0 spiro atoms. The summed E-state index contributed by atoms with van der Waals surface area (Å²) in [4.78, 5) is 15.3. The Morgan fingerprint density at radius 1 is 1.14 bits per heavy atom. The fourth-order valence-corrected chi connectivity index (χ4v) is 2.07. The average Bonchev–Trinajstić information content (AvgIpc) is 2.53. The second-order valence-corrected chi connectivity index (χ2v) is 4.93. The lowest BCUT2D eigenvalue weighted by Gasteiger charge is -2.27. The van der Waals surface area contributed by atoms with Gasteiger partial charge in [0.25, 0.3) is 0 Å². The van der Waals surface area contributed by atoms with Gasteiger partial charge in [0.15, 0.2) is 0 Å². The fourth-order valence-electron chi connectivity index (χ4n) is 2.07. The minimum atomic E-state index is 0.401. The monoisotopic (exact) mass is 295 g/mol. The van der Waals surface area contributed by atoms with Gasteiger partial charge in [0.1, 0.15) is 0 Å². The molecule has 7 nitrogen and oxygen atoms in total. The van der Waals surface area contributed by atoms with Crippen molar-refractivity contribution in [3.63, 3.8) is 0 Å². The molecule has 118 valence electrons. The van der Waals surface area contributed by atoms with Gasteiger partial charge in [-0.25, -0.2) is 0 Å². The zero-order valence-electron chi connectivity index (χ0n) is 13.0. The number of hydrogen-bond acceptors (Lipinski definition) is 7. The van der Waals surface area contributed by atoms with Gasteiger partial charge in [-0.15, -0.1) is 0 Å². The summed E-state index contributed by atoms with van der Waals surface area (Å²) >= 11 is 0. The summed E-state index contributed by atoms with van der Waals surface area (Å²) < 4.78 is 11.0. The number of unbranched alkanes of at least 4 members (excludes halogenated alkanes) is 2. The molecule has 1 saturated heterocycles. The lowest BCUT2D eigenvalue weighted by Crippen LogP contribution is -2.37. The predicted octanol–water partition coefficient (Wildman–Crippen LogP) is 1.71. The predicted molar refractivity (Wildman–Crippen MR) is 82.0 cm³/mol. The second kappa shape index (κ2) is 8.61. The van der Waals surface area contributed by atoms with Crippen LogP contribution in [-0.2, 0) is 4.74 Å². The van der Waals surface area contributed by atoms with Crippen LogP contribution in [0.5, 0.6) is 6.01 Å². The quantitative estimate of drug-likeness (QED) is 0.732. The summed E-state index contributed by atoms with van der Waals surface area (Å²) in [6.45, 7) is 8.59. The first-order valence-electron chi connectivity index (χ1n) is 7.79. The van der Waals surface area contributed by atoms with E-state index in [1.807, 2.05) is 6.92 Å². The maximum Gasteiger partial charge on any atom is 0.323 e. The van der Waals surface area contributed by atoms with Crippen molar-refractivity contribution < 1.29 is 9.47 Å². The Labute approximate surface area is 126 Å². The SMILES string of the molecule is CCCCCOc1nc(NCC)nc(N2CCOCC2)n1. The Hall–Kier alpha value is -1.63. The van der Waals surface area contributed by atoms with Gasteiger partial charge >= 0.3 is 6.01 Å². The van der Waals surface area contributed by atoms with Gasteiger partial charge in [-0.1, -0.05) is 19.8 Å². The van der Waals surface area contributed by atoms with Gasteiger partial charge in [0.2, 0.25) is 11.9 Å². The van der Waals surface area contributed by atoms with Crippen LogP contribution in [0.3, 0.4) is 0 Å². The molecule has 21 heavy (non-hydrogen) atoms. The summed E-state index contributed by atoms with van der Waals surface area (Å²) in [5.41, 5.74) is 0. The molecule has 0 saturated carbocycles. The molecule has 0 amide bonds. The van der Waals surface area contributed by atoms with Crippen LogP contribution in [0.1, 0.15) is 33.1 Å². The Kier molecular flexibility index (Phi) is 6.46. The van der Waals surface area contributed by atoms with E-state index < -0.39 is 0 Å². The summed E-state index contributed by atoms with van der Waals surface area (Å²) in [7, 11) is 0. The highest BCUT2D eigenvalue weighted by molar-refractivity contribution is 5.38. The molecule has 2 rings (SSSR count). The second-order valence-electron chi connectivity index (χ2n) is 4.93. The minimum absolute atomic E-state index is 0.401. The molecule has 0 aliphatic carbocycles. The molecule has 1 aliphatic heterocycles. The van der Waals surface area contributed by atoms with Crippen LogP contribution in [0.4, 0.5) is 11.9 Å². The van der Waals surface area contributed by atoms with Gasteiger partial charge in [0, 0.05) is 19.6 Å². The lowest BCUT2D eigenvalue weighted by atomic mass is 10.3. The van der Waals surface area contributed by atoms with Gasteiger partial charge in [0.05, 0.1) is 19.8 Å². The van der Waals surface area contributed by atoms with Crippen LogP contribution in [0.15, 0.2) is 0 Å². The van der Waals surface area contributed by atoms with E-state index in [9.17, 15) is 0 Å². The van der Waals surface area contributed by atoms with Crippen LogP contribution >= 0.6 is 0 Å². The Bertz CT molecular complexity index is 424. The standard InChI is InChI=1S/C14H25N5O2/c1-3-5-6-9-21-14-17-12(15-4-2)16-13(18-14)19-7-10-20-11-8-19/h3-11H2,1-2H3,(H,15,16,17,18). The number of hydrogen-bond donors (Lipinski definition) is 1. The highest BCUT2D eigenvalue weighted by Gasteiger charge is 2.16. The molecule has 1 fully saturated rings. The number of nitrogens with zero attached hydrogens (tertiary/aromatic N) is 4. The van der Waals surface area contributed by atoms with Crippen molar-refractivity contribution in [2.75, 3.05) is 49.7 Å². The highest BCUT2D eigenvalue weighted by atomic mass is 16.5. The highest BCUT2D eigenvalue weighted by Crippen LogP contribution is 2.16. The van der Waals surface area contributed by atoms with Crippen LogP contribution in [0.2, 0.25) is 0 Å². The Balaban J connectivity index is 2.05. The van der Waals surface area contributed by atoms with Crippen LogP contribution < -0.4 is 15.0 Å². The van der Waals surface area contributed by atoms with Gasteiger partial charge in [-0.05, 0) is 13.3 Å². The summed E-state index contributed by atoms with van der Waals surface area (Å²) in [6.07, 6.45) is 3.34. The van der Waals surface area contributed by atoms with Gasteiger partial charge in [-0.3, -0.25) is 0 Å².